The van der Waals surface area contributed by atoms with Crippen LogP contribution in [0, 0.1) is 12.8 Å². The molecule has 5 heterocycles. The molecule has 3 aromatic heterocycles. The zero-order chi connectivity index (χ0) is 20.1. The van der Waals surface area contributed by atoms with Crippen molar-refractivity contribution in [1.29, 1.82) is 0 Å². The zero-order valence-corrected chi connectivity index (χ0v) is 15.9. The molecule has 3 unspecified atom stereocenters. The van der Waals surface area contributed by atoms with Gasteiger partial charge in [-0.15, -0.1) is 5.10 Å². The third-order valence-corrected chi connectivity index (χ3v) is 5.94. The van der Waals surface area contributed by atoms with Gasteiger partial charge in [0.25, 0.3) is 11.8 Å². The lowest BCUT2D eigenvalue weighted by atomic mass is 9.80. The summed E-state index contributed by atoms with van der Waals surface area (Å²) in [5.41, 5.74) is 2.11. The summed E-state index contributed by atoms with van der Waals surface area (Å²) < 4.78 is 6.74. The maximum atomic E-state index is 13.1. The predicted molar refractivity (Wildman–Crippen MR) is 100 cm³/mol. The molecule has 2 saturated heterocycles. The van der Waals surface area contributed by atoms with E-state index in [1.54, 1.807) is 37.8 Å². The number of fused-ring (bicyclic) bond motifs is 2. The number of methoxy groups -OCH3 is 1. The molecule has 29 heavy (non-hydrogen) atoms. The number of hydrogen-bond donors (Lipinski definition) is 1. The average Bonchev–Trinajstić information content (AvgIpc) is 3.45. The van der Waals surface area contributed by atoms with Crippen LogP contribution in [0.25, 0.3) is 5.65 Å². The molecule has 148 valence electrons. The molecule has 1 N–H and O–H groups in total. The molecule has 0 spiro atoms. The summed E-state index contributed by atoms with van der Waals surface area (Å²) >= 11 is 0. The lowest BCUT2D eigenvalue weighted by molar-refractivity contribution is 0.0697. The fraction of sp³-hybridized carbons (Fsp3) is 0.368. The molecule has 3 aliphatic rings. The van der Waals surface area contributed by atoms with Gasteiger partial charge >= 0.3 is 0 Å². The predicted octanol–water partition coefficient (Wildman–Crippen LogP) is 0.479. The molecule has 3 fully saturated rings. The molecular formula is C19H19N7O3. The molecule has 3 aromatic rings. The van der Waals surface area contributed by atoms with E-state index in [4.69, 9.17) is 4.74 Å². The molecule has 2 aliphatic heterocycles. The van der Waals surface area contributed by atoms with E-state index in [1.807, 2.05) is 11.8 Å². The minimum absolute atomic E-state index is 0.0298. The Balaban J connectivity index is 1.34. The fourth-order valence-corrected chi connectivity index (χ4v) is 4.32. The zero-order valence-electron chi connectivity index (χ0n) is 15.9. The number of tetrazole rings is 1. The van der Waals surface area contributed by atoms with Gasteiger partial charge in [-0.3, -0.25) is 14.6 Å². The highest BCUT2D eigenvalue weighted by Gasteiger charge is 2.54. The molecule has 10 heteroatoms. The number of carbonyl (C=O) groups is 2. The summed E-state index contributed by atoms with van der Waals surface area (Å²) in [6.07, 6.45) is 5.73. The number of pyridine rings is 2. The number of carbonyl (C=O) groups excluding carboxylic acids is 2. The van der Waals surface area contributed by atoms with Gasteiger partial charge < -0.3 is 15.0 Å². The average molecular weight is 393 g/mol. The van der Waals surface area contributed by atoms with E-state index < -0.39 is 0 Å². The highest BCUT2D eigenvalue weighted by molar-refractivity contribution is 6.00. The number of aromatic nitrogens is 5. The van der Waals surface area contributed by atoms with Crippen LogP contribution in [-0.4, -0.2) is 67.5 Å². The minimum atomic E-state index is -0.237. The highest BCUT2D eigenvalue weighted by atomic mass is 16.5. The quantitative estimate of drug-likeness (QED) is 0.685. The van der Waals surface area contributed by atoms with Crippen molar-refractivity contribution in [2.24, 2.45) is 5.92 Å². The molecule has 0 radical (unpaired) electrons. The first-order valence-electron chi connectivity index (χ1n) is 9.35. The Hall–Kier alpha value is -3.56. The molecular weight excluding hydrogens is 374 g/mol. The SMILES string of the molecule is COc1cncc(C(=O)N2CC3CC2C3NC(=O)c2cccn3nnnc23)c1C. The summed E-state index contributed by atoms with van der Waals surface area (Å²) in [6, 6.07) is 3.30. The maximum Gasteiger partial charge on any atom is 0.256 e. The molecule has 1 saturated carbocycles. The second-order valence-electron chi connectivity index (χ2n) is 7.40. The van der Waals surface area contributed by atoms with Crippen molar-refractivity contribution in [2.75, 3.05) is 13.7 Å². The van der Waals surface area contributed by atoms with E-state index in [9.17, 15) is 9.59 Å². The van der Waals surface area contributed by atoms with Gasteiger partial charge in [-0.1, -0.05) is 0 Å². The summed E-state index contributed by atoms with van der Waals surface area (Å²) in [4.78, 5) is 31.9. The van der Waals surface area contributed by atoms with E-state index in [1.165, 1.54) is 4.52 Å². The maximum absolute atomic E-state index is 13.1. The van der Waals surface area contributed by atoms with Crippen molar-refractivity contribution in [3.8, 4) is 5.75 Å². The highest BCUT2D eigenvalue weighted by Crippen LogP contribution is 2.42. The van der Waals surface area contributed by atoms with Crippen LogP contribution in [0.15, 0.2) is 30.7 Å². The Morgan fingerprint density at radius 3 is 2.97 bits per heavy atom. The van der Waals surface area contributed by atoms with Gasteiger partial charge in [-0.2, -0.15) is 4.52 Å². The smallest absolute Gasteiger partial charge is 0.256 e. The minimum Gasteiger partial charge on any atom is -0.495 e. The number of rotatable bonds is 4. The molecule has 0 aromatic carbocycles. The molecule has 6 rings (SSSR count). The number of nitrogens with one attached hydrogen (secondary N) is 1. The van der Waals surface area contributed by atoms with Crippen molar-refractivity contribution in [3.05, 3.63) is 47.4 Å². The molecule has 2 amide bonds. The van der Waals surface area contributed by atoms with Crippen molar-refractivity contribution in [2.45, 2.75) is 25.4 Å². The van der Waals surface area contributed by atoms with Crippen LogP contribution in [-0.2, 0) is 0 Å². The Kier molecular flexibility index (Phi) is 3.93. The van der Waals surface area contributed by atoms with Crippen LogP contribution in [0.5, 0.6) is 5.75 Å². The van der Waals surface area contributed by atoms with Crippen LogP contribution >= 0.6 is 0 Å². The normalized spacial score (nSPS) is 22.4. The molecule has 2 bridgehead atoms. The molecule has 10 nitrogen and oxygen atoms in total. The summed E-state index contributed by atoms with van der Waals surface area (Å²) in [6.45, 7) is 2.46. The van der Waals surface area contributed by atoms with E-state index in [2.05, 4.69) is 25.8 Å². The third-order valence-electron chi connectivity index (χ3n) is 5.94. The topological polar surface area (TPSA) is 115 Å². The van der Waals surface area contributed by atoms with E-state index in [-0.39, 0.29) is 29.8 Å². The number of nitrogens with zero attached hydrogens (tertiary/aromatic N) is 6. The second kappa shape index (κ2) is 6.50. The number of ether oxygens (including phenoxy) is 1. The monoisotopic (exact) mass is 393 g/mol. The first-order valence-corrected chi connectivity index (χ1v) is 9.35. The Labute approximate surface area is 165 Å². The first-order chi connectivity index (χ1) is 14.1. The summed E-state index contributed by atoms with van der Waals surface area (Å²) in [5.74, 6) is 0.505. The lowest BCUT2D eigenvalue weighted by Gasteiger charge is -2.37. The second-order valence-corrected chi connectivity index (χ2v) is 7.40. The van der Waals surface area contributed by atoms with Crippen LogP contribution in [0.3, 0.4) is 0 Å². The Morgan fingerprint density at radius 2 is 2.14 bits per heavy atom. The number of amides is 2. The van der Waals surface area contributed by atoms with Crippen molar-refractivity contribution < 1.29 is 14.3 Å². The van der Waals surface area contributed by atoms with E-state index in [0.717, 1.165) is 12.0 Å². The van der Waals surface area contributed by atoms with Gasteiger partial charge in [0, 0.05) is 30.4 Å². The van der Waals surface area contributed by atoms with Crippen LogP contribution < -0.4 is 10.1 Å². The van der Waals surface area contributed by atoms with Crippen LogP contribution in [0.4, 0.5) is 0 Å². The Morgan fingerprint density at radius 1 is 1.28 bits per heavy atom. The van der Waals surface area contributed by atoms with Crippen LogP contribution in [0.2, 0.25) is 0 Å². The lowest BCUT2D eigenvalue weighted by Crippen LogP contribution is -2.55. The van der Waals surface area contributed by atoms with Crippen molar-refractivity contribution in [1.82, 2.24) is 35.2 Å². The standard InChI is InChI=1S/C19H19N7O3/c1-10-13(7-20-8-15(10)29-2)19(28)25-9-11-6-14(25)16(11)21-18(27)12-4-3-5-26-17(12)22-23-24-26/h3-5,7-8,11,14,16H,6,9H2,1-2H3,(H,21,27). The van der Waals surface area contributed by atoms with Crippen molar-refractivity contribution in [3.63, 3.8) is 0 Å². The summed E-state index contributed by atoms with van der Waals surface area (Å²) in [7, 11) is 1.56. The Bertz CT molecular complexity index is 1130. The largest absolute Gasteiger partial charge is 0.495 e. The molecule has 1 aliphatic carbocycles. The van der Waals surface area contributed by atoms with Gasteiger partial charge in [-0.25, -0.2) is 0 Å². The van der Waals surface area contributed by atoms with E-state index in [0.29, 0.717) is 29.1 Å². The molecule has 3 atom stereocenters. The van der Waals surface area contributed by atoms with Crippen molar-refractivity contribution >= 4 is 17.5 Å². The number of hydrogen-bond acceptors (Lipinski definition) is 7. The first kappa shape index (κ1) is 17.5. The van der Waals surface area contributed by atoms with Crippen LogP contribution in [0.1, 0.15) is 32.7 Å². The van der Waals surface area contributed by atoms with Gasteiger partial charge in [0.2, 0.25) is 0 Å². The van der Waals surface area contributed by atoms with Gasteiger partial charge in [0.15, 0.2) is 5.65 Å². The van der Waals surface area contributed by atoms with Gasteiger partial charge in [0.05, 0.1) is 36.5 Å². The van der Waals surface area contributed by atoms with Gasteiger partial charge in [0.1, 0.15) is 5.75 Å². The van der Waals surface area contributed by atoms with E-state index >= 15 is 0 Å². The fourth-order valence-electron chi connectivity index (χ4n) is 4.32. The summed E-state index contributed by atoms with van der Waals surface area (Å²) in [5, 5.41) is 14.4. The van der Waals surface area contributed by atoms with Gasteiger partial charge in [-0.05, 0) is 35.9 Å². The third kappa shape index (κ3) is 2.63.